The number of esters is 1. The predicted octanol–water partition coefficient (Wildman–Crippen LogP) is 2.05. The van der Waals surface area contributed by atoms with Crippen LogP contribution < -0.4 is 0 Å². The molecule has 1 saturated carbocycles. The van der Waals surface area contributed by atoms with E-state index in [4.69, 9.17) is 9.26 Å². The molecule has 8 nitrogen and oxygen atoms in total. The third-order valence-corrected chi connectivity index (χ3v) is 7.41. The van der Waals surface area contributed by atoms with Gasteiger partial charge in [0.25, 0.3) is 5.91 Å². The van der Waals surface area contributed by atoms with Crippen LogP contribution in [-0.4, -0.2) is 60.5 Å². The molecule has 9 heteroatoms. The maximum absolute atomic E-state index is 13.0. The van der Waals surface area contributed by atoms with Crippen molar-refractivity contribution < 1.29 is 27.3 Å². The highest BCUT2D eigenvalue weighted by molar-refractivity contribution is 7.91. The quantitative estimate of drug-likeness (QED) is 0.658. The van der Waals surface area contributed by atoms with Crippen LogP contribution in [0.3, 0.4) is 0 Å². The summed E-state index contributed by atoms with van der Waals surface area (Å²) in [6.07, 6.45) is 5.86. The fourth-order valence-corrected chi connectivity index (χ4v) is 5.97. The van der Waals surface area contributed by atoms with Gasteiger partial charge in [-0.2, -0.15) is 0 Å². The molecule has 2 fully saturated rings. The third-order valence-electron chi connectivity index (χ3n) is 5.66. The monoisotopic (exact) mass is 412 g/mol. The molecule has 1 atom stereocenters. The maximum Gasteiger partial charge on any atom is 0.344 e. The van der Waals surface area contributed by atoms with Crippen molar-refractivity contribution in [3.63, 3.8) is 0 Å². The number of aryl methyl sites for hydroxylation is 2. The number of aromatic nitrogens is 1. The summed E-state index contributed by atoms with van der Waals surface area (Å²) in [5.41, 5.74) is 0.768. The summed E-state index contributed by atoms with van der Waals surface area (Å²) in [5.74, 6) is -0.497. The topological polar surface area (TPSA) is 107 Å². The molecule has 28 heavy (non-hydrogen) atoms. The summed E-state index contributed by atoms with van der Waals surface area (Å²) < 4.78 is 34.2. The Morgan fingerprint density at radius 1 is 1.18 bits per heavy atom. The first-order valence-corrected chi connectivity index (χ1v) is 11.8. The first kappa shape index (κ1) is 20.8. The van der Waals surface area contributed by atoms with Crippen molar-refractivity contribution in [2.24, 2.45) is 0 Å². The molecule has 0 spiro atoms. The maximum atomic E-state index is 13.0. The fourth-order valence-electron chi connectivity index (χ4n) is 4.25. The molecule has 1 aliphatic carbocycles. The minimum atomic E-state index is -3.12. The Bertz CT molecular complexity index is 825. The Morgan fingerprint density at radius 3 is 2.50 bits per heavy atom. The highest BCUT2D eigenvalue weighted by Crippen LogP contribution is 2.28. The van der Waals surface area contributed by atoms with Crippen molar-refractivity contribution in [3.8, 4) is 0 Å². The smallest absolute Gasteiger partial charge is 0.344 e. The van der Waals surface area contributed by atoms with E-state index in [1.807, 2.05) is 6.92 Å². The molecule has 2 aliphatic rings. The van der Waals surface area contributed by atoms with Crippen LogP contribution >= 0.6 is 0 Å². The summed E-state index contributed by atoms with van der Waals surface area (Å²) in [4.78, 5) is 27.1. The Balaban J connectivity index is 1.70. The number of hydrogen-bond acceptors (Lipinski definition) is 7. The standard InChI is InChI=1S/C19H28N2O6S/c1-3-16-18(13(2)27-20-16)19(23)26-11-17(22)21(14-7-5-4-6-8-14)15-9-10-28(24,25)12-15/h14-15H,3-12H2,1-2H3. The molecule has 0 aromatic carbocycles. The Morgan fingerprint density at radius 2 is 1.89 bits per heavy atom. The normalized spacial score (nSPS) is 22.1. The van der Waals surface area contributed by atoms with Crippen LogP contribution in [0.2, 0.25) is 0 Å². The molecule has 0 bridgehead atoms. The lowest BCUT2D eigenvalue weighted by Gasteiger charge is -2.38. The van der Waals surface area contributed by atoms with Crippen molar-refractivity contribution in [2.75, 3.05) is 18.1 Å². The molecule has 1 amide bonds. The lowest BCUT2D eigenvalue weighted by molar-refractivity contribution is -0.140. The van der Waals surface area contributed by atoms with E-state index in [-0.39, 0.29) is 35.1 Å². The second-order valence-corrected chi connectivity index (χ2v) is 9.87. The molecule has 1 unspecified atom stereocenters. The van der Waals surface area contributed by atoms with Crippen molar-refractivity contribution >= 4 is 21.7 Å². The molecular formula is C19H28N2O6S. The average Bonchev–Trinajstić information content (AvgIpc) is 3.22. The van der Waals surface area contributed by atoms with Crippen LogP contribution in [0.4, 0.5) is 0 Å². The number of rotatable bonds is 6. The zero-order chi connectivity index (χ0) is 20.3. The molecule has 0 N–H and O–H groups in total. The zero-order valence-electron chi connectivity index (χ0n) is 16.5. The van der Waals surface area contributed by atoms with E-state index in [1.165, 1.54) is 0 Å². The summed E-state index contributed by atoms with van der Waals surface area (Å²) in [6.45, 7) is 3.08. The van der Waals surface area contributed by atoms with Crippen molar-refractivity contribution in [2.45, 2.75) is 70.9 Å². The van der Waals surface area contributed by atoms with Gasteiger partial charge in [0.15, 0.2) is 16.4 Å². The van der Waals surface area contributed by atoms with Crippen LogP contribution in [-0.2, 0) is 25.8 Å². The van der Waals surface area contributed by atoms with E-state index < -0.39 is 22.4 Å². The van der Waals surface area contributed by atoms with Crippen molar-refractivity contribution in [3.05, 3.63) is 17.0 Å². The van der Waals surface area contributed by atoms with Gasteiger partial charge in [-0.05, 0) is 32.6 Å². The summed E-state index contributed by atoms with van der Waals surface area (Å²) in [6, 6.07) is -0.315. The van der Waals surface area contributed by atoms with Gasteiger partial charge in [-0.3, -0.25) is 4.79 Å². The number of nitrogens with zero attached hydrogens (tertiary/aromatic N) is 2. The molecular weight excluding hydrogens is 384 g/mol. The minimum Gasteiger partial charge on any atom is -0.452 e. The van der Waals surface area contributed by atoms with E-state index in [2.05, 4.69) is 5.16 Å². The van der Waals surface area contributed by atoms with Crippen LogP contribution in [0, 0.1) is 6.92 Å². The molecule has 1 aliphatic heterocycles. The van der Waals surface area contributed by atoms with Crippen LogP contribution in [0.5, 0.6) is 0 Å². The third kappa shape index (κ3) is 4.56. The van der Waals surface area contributed by atoms with Gasteiger partial charge in [-0.1, -0.05) is 31.3 Å². The second kappa shape index (κ2) is 8.63. The van der Waals surface area contributed by atoms with E-state index in [0.29, 0.717) is 24.3 Å². The van der Waals surface area contributed by atoms with Gasteiger partial charge >= 0.3 is 5.97 Å². The van der Waals surface area contributed by atoms with Gasteiger partial charge in [-0.25, -0.2) is 13.2 Å². The number of carbonyl (C=O) groups excluding carboxylic acids is 2. The van der Waals surface area contributed by atoms with E-state index in [9.17, 15) is 18.0 Å². The van der Waals surface area contributed by atoms with Crippen LogP contribution in [0.25, 0.3) is 0 Å². The molecule has 2 heterocycles. The molecule has 1 aromatic rings. The number of amides is 1. The number of carbonyl (C=O) groups is 2. The molecule has 1 aromatic heterocycles. The predicted molar refractivity (Wildman–Crippen MR) is 102 cm³/mol. The van der Waals surface area contributed by atoms with E-state index in [1.54, 1.807) is 11.8 Å². The summed E-state index contributed by atoms with van der Waals surface area (Å²) in [5, 5.41) is 3.83. The van der Waals surface area contributed by atoms with Gasteiger partial charge in [0, 0.05) is 12.1 Å². The highest BCUT2D eigenvalue weighted by Gasteiger charge is 2.38. The molecule has 3 rings (SSSR count). The largest absolute Gasteiger partial charge is 0.452 e. The highest BCUT2D eigenvalue weighted by atomic mass is 32.2. The van der Waals surface area contributed by atoms with Gasteiger partial charge < -0.3 is 14.2 Å². The van der Waals surface area contributed by atoms with Gasteiger partial charge in [-0.15, -0.1) is 0 Å². The lowest BCUT2D eigenvalue weighted by atomic mass is 9.93. The average molecular weight is 413 g/mol. The minimum absolute atomic E-state index is 0.00602. The SMILES string of the molecule is CCc1noc(C)c1C(=O)OCC(=O)N(C1CCCCC1)C1CCS(=O)(=O)C1. The van der Waals surface area contributed by atoms with Crippen molar-refractivity contribution in [1.29, 1.82) is 0 Å². The Labute approximate surface area is 165 Å². The van der Waals surface area contributed by atoms with Gasteiger partial charge in [0.2, 0.25) is 0 Å². The summed E-state index contributed by atoms with van der Waals surface area (Å²) in [7, 11) is -3.12. The molecule has 156 valence electrons. The summed E-state index contributed by atoms with van der Waals surface area (Å²) >= 11 is 0. The first-order chi connectivity index (χ1) is 13.3. The number of ether oxygens (including phenoxy) is 1. The van der Waals surface area contributed by atoms with Crippen molar-refractivity contribution in [1.82, 2.24) is 10.1 Å². The number of sulfone groups is 1. The Hall–Kier alpha value is -1.90. The lowest BCUT2D eigenvalue weighted by Crippen LogP contribution is -2.50. The van der Waals surface area contributed by atoms with Crippen LogP contribution in [0.1, 0.15) is 67.3 Å². The first-order valence-electron chi connectivity index (χ1n) is 9.96. The zero-order valence-corrected chi connectivity index (χ0v) is 17.3. The molecule has 1 saturated heterocycles. The van der Waals surface area contributed by atoms with E-state index >= 15 is 0 Å². The van der Waals surface area contributed by atoms with Gasteiger partial charge in [0.05, 0.1) is 17.2 Å². The fraction of sp³-hybridized carbons (Fsp3) is 0.737. The van der Waals surface area contributed by atoms with Crippen LogP contribution in [0.15, 0.2) is 4.52 Å². The Kier molecular flexibility index (Phi) is 6.42. The second-order valence-electron chi connectivity index (χ2n) is 7.64. The van der Waals surface area contributed by atoms with Gasteiger partial charge in [0.1, 0.15) is 11.3 Å². The number of hydrogen-bond donors (Lipinski definition) is 0. The van der Waals surface area contributed by atoms with E-state index in [0.717, 1.165) is 32.1 Å². The molecule has 0 radical (unpaired) electrons.